The van der Waals surface area contributed by atoms with Crippen LogP contribution in [0.2, 0.25) is 0 Å². The van der Waals surface area contributed by atoms with Crippen molar-refractivity contribution in [3.63, 3.8) is 0 Å². The quantitative estimate of drug-likeness (QED) is 0.173. The number of fused-ring (bicyclic) bond motifs is 8. The molecule has 0 amide bonds. The van der Waals surface area contributed by atoms with Crippen molar-refractivity contribution in [3.8, 4) is 33.4 Å². The predicted molar refractivity (Wildman–Crippen MR) is 308 cm³/mol. The topological polar surface area (TPSA) is 57.4 Å². The number of H-pyrrole nitrogens is 2. The Kier molecular flexibility index (Phi) is 11.9. The number of aromatic nitrogens is 4. The highest BCUT2D eigenvalue weighted by atomic mass is 14.8. The van der Waals surface area contributed by atoms with Crippen LogP contribution in [0.1, 0.15) is 186 Å². The molecule has 2 aliphatic heterocycles. The average molecular weight is 937 g/mol. The molecule has 8 bridgehead atoms. The molecule has 3 aromatic heterocycles. The lowest BCUT2D eigenvalue weighted by molar-refractivity contribution is 0.568. The van der Waals surface area contributed by atoms with Crippen LogP contribution >= 0.6 is 0 Å². The fraction of sp³-hybridized carbons (Fsp3) is 0.358. The van der Waals surface area contributed by atoms with Gasteiger partial charge in [-0.05, 0) is 143 Å². The molecule has 9 rings (SSSR count). The Morgan fingerprint density at radius 1 is 0.324 bits per heavy atom. The maximum Gasteiger partial charge on any atom is 0.0743 e. The molecule has 4 nitrogen and oxygen atoms in total. The van der Waals surface area contributed by atoms with Crippen molar-refractivity contribution in [2.75, 3.05) is 0 Å². The number of aromatic amines is 2. The summed E-state index contributed by atoms with van der Waals surface area (Å²) in [7, 11) is 0. The van der Waals surface area contributed by atoms with Gasteiger partial charge in [-0.1, -0.05) is 185 Å². The molecule has 3 aliphatic rings. The van der Waals surface area contributed by atoms with E-state index in [-0.39, 0.29) is 32.5 Å². The van der Waals surface area contributed by atoms with E-state index in [1.165, 1.54) is 33.4 Å². The van der Waals surface area contributed by atoms with Gasteiger partial charge in [0.2, 0.25) is 0 Å². The molecule has 0 unspecified atom stereocenters. The zero-order chi connectivity index (χ0) is 51.4. The monoisotopic (exact) mass is 937 g/mol. The number of benzene rings is 3. The molecular weight excluding hydrogens is 861 g/mol. The Morgan fingerprint density at radius 3 is 0.817 bits per heavy atom. The molecule has 0 spiro atoms. The normalized spacial score (nSPS) is 14.3. The summed E-state index contributed by atoms with van der Waals surface area (Å²) in [5, 5.41) is 0. The third-order valence-corrected chi connectivity index (χ3v) is 14.5. The number of nitrogens with one attached hydrogen (secondary N) is 2. The number of allylic oxidation sites excluding steroid dienone is 3. The molecule has 0 saturated carbocycles. The van der Waals surface area contributed by atoms with E-state index in [9.17, 15) is 0 Å². The number of hydrogen-bond acceptors (Lipinski definition) is 2. The largest absolute Gasteiger partial charge is 0.354 e. The standard InChI is InChI=1S/C67H76N4/c1-62(2,3)44-31-41(32-45(37-44)63(4,5)6)59-52-25-23-50(68-52)58(40-21-19-20-22-40)51-24-26-53(69-51)60(42-33-46(64(7,8)9)38-47(34-42)65(10,11)12)55-28-30-57(71-55)61(56-29-27-54(59)70-56)43-35-48(66(13,14)15)39-49(36-43)67(16,17)18/h19-21,23-39,68,71H,1-18H3. The van der Waals surface area contributed by atoms with E-state index >= 15 is 0 Å². The summed E-state index contributed by atoms with van der Waals surface area (Å²) >= 11 is 0. The van der Waals surface area contributed by atoms with Crippen LogP contribution in [-0.4, -0.2) is 19.9 Å². The predicted octanol–water partition coefficient (Wildman–Crippen LogP) is 18.5. The lowest BCUT2D eigenvalue weighted by Crippen LogP contribution is -2.16. The van der Waals surface area contributed by atoms with Crippen LogP contribution in [0.25, 0.3) is 85.3 Å². The molecule has 0 atom stereocenters. The third kappa shape index (κ3) is 9.81. The Labute approximate surface area is 424 Å². The smallest absolute Gasteiger partial charge is 0.0743 e. The molecule has 0 saturated heterocycles. The fourth-order valence-electron chi connectivity index (χ4n) is 9.80. The molecular formula is C67H76N4. The first-order valence-electron chi connectivity index (χ1n) is 25.7. The van der Waals surface area contributed by atoms with Crippen LogP contribution in [0.4, 0.5) is 0 Å². The minimum atomic E-state index is -0.0869. The summed E-state index contributed by atoms with van der Waals surface area (Å²) in [6.07, 6.45) is 15.1. The van der Waals surface area contributed by atoms with Crippen LogP contribution < -0.4 is 0 Å². The maximum atomic E-state index is 5.78. The van der Waals surface area contributed by atoms with Gasteiger partial charge >= 0.3 is 0 Å². The zero-order valence-corrected chi connectivity index (χ0v) is 45.9. The average Bonchev–Trinajstić information content (AvgIpc) is 4.13. The van der Waals surface area contributed by atoms with E-state index in [0.717, 1.165) is 89.4 Å². The minimum absolute atomic E-state index is 0.0799. The summed E-state index contributed by atoms with van der Waals surface area (Å²) in [6.45, 7) is 41.6. The summed E-state index contributed by atoms with van der Waals surface area (Å²) in [6, 6.07) is 30.5. The van der Waals surface area contributed by atoms with Crippen molar-refractivity contribution in [1.29, 1.82) is 0 Å². The van der Waals surface area contributed by atoms with Gasteiger partial charge in [0.05, 0.1) is 22.8 Å². The van der Waals surface area contributed by atoms with Crippen molar-refractivity contribution < 1.29 is 0 Å². The van der Waals surface area contributed by atoms with E-state index in [1.807, 2.05) is 6.08 Å². The summed E-state index contributed by atoms with van der Waals surface area (Å²) in [5.41, 5.74) is 27.0. The van der Waals surface area contributed by atoms with E-state index in [1.54, 1.807) is 0 Å². The van der Waals surface area contributed by atoms with Gasteiger partial charge in [0, 0.05) is 49.9 Å². The summed E-state index contributed by atoms with van der Waals surface area (Å²) in [4.78, 5) is 19.5. The molecule has 5 heterocycles. The lowest BCUT2D eigenvalue weighted by Gasteiger charge is -2.26. The van der Waals surface area contributed by atoms with Crippen LogP contribution in [0.5, 0.6) is 0 Å². The second-order valence-electron chi connectivity index (χ2n) is 26.5. The Balaban J connectivity index is 1.52. The molecule has 4 heteroatoms. The van der Waals surface area contributed by atoms with Gasteiger partial charge in [0.25, 0.3) is 0 Å². The molecule has 71 heavy (non-hydrogen) atoms. The van der Waals surface area contributed by atoms with Gasteiger partial charge in [-0.3, -0.25) is 0 Å². The molecule has 364 valence electrons. The molecule has 0 fully saturated rings. The van der Waals surface area contributed by atoms with Gasteiger partial charge in [0.1, 0.15) is 0 Å². The van der Waals surface area contributed by atoms with Crippen LogP contribution in [-0.2, 0) is 32.5 Å². The molecule has 0 radical (unpaired) electrons. The highest BCUT2D eigenvalue weighted by Crippen LogP contribution is 2.43. The van der Waals surface area contributed by atoms with E-state index in [0.29, 0.717) is 0 Å². The second kappa shape index (κ2) is 17.1. The first kappa shape index (κ1) is 49.5. The van der Waals surface area contributed by atoms with E-state index in [2.05, 4.69) is 256 Å². The van der Waals surface area contributed by atoms with Crippen molar-refractivity contribution in [2.45, 2.75) is 157 Å². The molecule has 2 N–H and O–H groups in total. The minimum Gasteiger partial charge on any atom is -0.354 e. The third-order valence-electron chi connectivity index (χ3n) is 14.5. The number of nitrogens with zero attached hydrogens (tertiary/aromatic N) is 2. The first-order valence-corrected chi connectivity index (χ1v) is 25.7. The lowest BCUT2D eigenvalue weighted by atomic mass is 9.78. The Hall–Kier alpha value is -6.48. The fourth-order valence-corrected chi connectivity index (χ4v) is 9.80. The van der Waals surface area contributed by atoms with Crippen LogP contribution in [0.15, 0.2) is 103 Å². The Bertz CT molecular complexity index is 3310. The van der Waals surface area contributed by atoms with Crippen LogP contribution in [0.3, 0.4) is 0 Å². The molecule has 6 aromatic rings. The van der Waals surface area contributed by atoms with Gasteiger partial charge in [-0.2, -0.15) is 0 Å². The summed E-state index contributed by atoms with van der Waals surface area (Å²) in [5.74, 6) is 0. The number of rotatable bonds is 4. The van der Waals surface area contributed by atoms with Crippen molar-refractivity contribution >= 4 is 51.9 Å². The second-order valence-corrected chi connectivity index (χ2v) is 26.5. The molecule has 3 aromatic carbocycles. The van der Waals surface area contributed by atoms with E-state index < -0.39 is 0 Å². The van der Waals surface area contributed by atoms with Gasteiger partial charge < -0.3 is 9.97 Å². The first-order chi connectivity index (χ1) is 32.9. The highest BCUT2D eigenvalue weighted by molar-refractivity contribution is 6.00. The van der Waals surface area contributed by atoms with Gasteiger partial charge in [0.15, 0.2) is 0 Å². The SMILES string of the molecule is CC(C)(C)c1cc(-c2c3nc(c(-c4cc(C(C)(C)C)cc(C(C)(C)C)c4)c4ccc([nH]4)c(-c4cc(C(C)(C)C)cc(C(C)(C)C)c4)c4nc(c(C5=C=CC=C5)c5ccc2[nH]5)C=C4)C=C3)cc(C(C)(C)C)c1. The Morgan fingerprint density at radius 2 is 0.577 bits per heavy atom. The maximum absolute atomic E-state index is 5.78. The van der Waals surface area contributed by atoms with E-state index in [4.69, 9.17) is 9.97 Å². The highest BCUT2D eigenvalue weighted by Gasteiger charge is 2.28. The zero-order valence-electron chi connectivity index (χ0n) is 45.9. The summed E-state index contributed by atoms with van der Waals surface area (Å²) < 4.78 is 0. The van der Waals surface area contributed by atoms with Crippen molar-refractivity contribution in [2.24, 2.45) is 0 Å². The van der Waals surface area contributed by atoms with Crippen LogP contribution in [0, 0.1) is 0 Å². The van der Waals surface area contributed by atoms with Gasteiger partial charge in [-0.15, -0.1) is 5.73 Å². The number of hydrogen-bond donors (Lipinski definition) is 2. The van der Waals surface area contributed by atoms with Crippen molar-refractivity contribution in [1.82, 2.24) is 19.9 Å². The van der Waals surface area contributed by atoms with Gasteiger partial charge in [-0.25, -0.2) is 9.97 Å². The van der Waals surface area contributed by atoms with Crippen molar-refractivity contribution in [3.05, 3.63) is 165 Å². The molecule has 1 aliphatic carbocycles.